The fraction of sp³-hybridized carbons (Fsp3) is 0.480. The Labute approximate surface area is 175 Å². The first-order valence-electron chi connectivity index (χ1n) is 10.9. The van der Waals surface area contributed by atoms with E-state index in [0.717, 1.165) is 23.4 Å². The number of piperidine rings is 1. The van der Waals surface area contributed by atoms with Crippen molar-refractivity contribution < 1.29 is 9.53 Å². The zero-order valence-corrected chi connectivity index (χ0v) is 18.0. The van der Waals surface area contributed by atoms with Gasteiger partial charge in [-0.15, -0.1) is 0 Å². The molecule has 1 amide bonds. The van der Waals surface area contributed by atoms with Crippen LogP contribution in [0.25, 0.3) is 0 Å². The number of hydrogen-bond acceptors (Lipinski definition) is 3. The molecule has 156 valence electrons. The Morgan fingerprint density at radius 1 is 1.00 bits per heavy atom. The largest absolute Gasteiger partial charge is 0.481 e. The molecule has 0 spiro atoms. The van der Waals surface area contributed by atoms with Crippen molar-refractivity contribution in [3.05, 3.63) is 65.2 Å². The van der Waals surface area contributed by atoms with Gasteiger partial charge in [0, 0.05) is 13.1 Å². The molecule has 1 aliphatic heterocycles. The minimum atomic E-state index is -0.536. The molecule has 1 saturated heterocycles. The third kappa shape index (κ3) is 6.33. The Morgan fingerprint density at radius 2 is 1.72 bits per heavy atom. The molecule has 1 fully saturated rings. The van der Waals surface area contributed by atoms with Gasteiger partial charge in [-0.25, -0.2) is 0 Å². The molecule has 4 nitrogen and oxygen atoms in total. The standard InChI is InChI=1S/C25H34N2O2/c1-19(2)23-12-5-6-13-24(23)29-20(3)25(28)26-17-21-10-9-11-22(16-21)18-27-14-7-4-8-15-27/h5-6,9-13,16,19-20H,4,7-8,14-15,17-18H2,1-3H3,(H,26,28)/t20-/m0/s1. The molecule has 2 aromatic rings. The van der Waals surface area contributed by atoms with Crippen molar-refractivity contribution in [2.45, 2.75) is 65.1 Å². The van der Waals surface area contributed by atoms with Gasteiger partial charge in [0.15, 0.2) is 6.10 Å². The number of hydrogen-bond donors (Lipinski definition) is 1. The molecule has 4 heteroatoms. The first-order valence-corrected chi connectivity index (χ1v) is 10.9. The lowest BCUT2D eigenvalue weighted by Gasteiger charge is -2.26. The van der Waals surface area contributed by atoms with Crippen molar-refractivity contribution in [2.75, 3.05) is 13.1 Å². The maximum absolute atomic E-state index is 12.6. The van der Waals surface area contributed by atoms with Crippen LogP contribution in [0.4, 0.5) is 0 Å². The molecule has 29 heavy (non-hydrogen) atoms. The summed E-state index contributed by atoms with van der Waals surface area (Å²) in [6.07, 6.45) is 3.41. The Bertz CT molecular complexity index is 797. The molecule has 0 bridgehead atoms. The van der Waals surface area contributed by atoms with Gasteiger partial charge in [-0.2, -0.15) is 0 Å². The summed E-state index contributed by atoms with van der Waals surface area (Å²) in [5, 5.41) is 3.02. The van der Waals surface area contributed by atoms with Gasteiger partial charge in [-0.1, -0.05) is 62.7 Å². The van der Waals surface area contributed by atoms with E-state index in [4.69, 9.17) is 4.74 Å². The molecule has 1 heterocycles. The summed E-state index contributed by atoms with van der Waals surface area (Å²) in [5.74, 6) is 1.04. The normalized spacial score (nSPS) is 15.9. The van der Waals surface area contributed by atoms with Gasteiger partial charge in [0.1, 0.15) is 5.75 Å². The summed E-state index contributed by atoms with van der Waals surface area (Å²) in [4.78, 5) is 15.1. The van der Waals surface area contributed by atoms with Gasteiger partial charge in [0.2, 0.25) is 0 Å². The van der Waals surface area contributed by atoms with Crippen molar-refractivity contribution in [3.8, 4) is 5.75 Å². The van der Waals surface area contributed by atoms with Crippen LogP contribution < -0.4 is 10.1 Å². The number of likely N-dealkylation sites (tertiary alicyclic amines) is 1. The smallest absolute Gasteiger partial charge is 0.261 e. The molecule has 3 rings (SSSR count). The van der Waals surface area contributed by atoms with Gasteiger partial charge in [0.25, 0.3) is 5.91 Å². The second-order valence-corrected chi connectivity index (χ2v) is 8.33. The van der Waals surface area contributed by atoms with E-state index in [1.807, 2.05) is 18.2 Å². The molecule has 0 saturated carbocycles. The van der Waals surface area contributed by atoms with Crippen LogP contribution in [-0.4, -0.2) is 30.0 Å². The summed E-state index contributed by atoms with van der Waals surface area (Å²) >= 11 is 0. The molecule has 2 aromatic carbocycles. The number of carbonyl (C=O) groups excluding carboxylic acids is 1. The molecular formula is C25H34N2O2. The third-order valence-electron chi connectivity index (χ3n) is 5.53. The highest BCUT2D eigenvalue weighted by Crippen LogP contribution is 2.26. The summed E-state index contributed by atoms with van der Waals surface area (Å²) in [5.41, 5.74) is 3.56. The van der Waals surface area contributed by atoms with Crippen molar-refractivity contribution in [1.82, 2.24) is 10.2 Å². The number of para-hydroxylation sites is 1. The quantitative estimate of drug-likeness (QED) is 0.694. The maximum Gasteiger partial charge on any atom is 0.261 e. The average Bonchev–Trinajstić information content (AvgIpc) is 2.73. The van der Waals surface area contributed by atoms with Gasteiger partial charge in [-0.3, -0.25) is 9.69 Å². The van der Waals surface area contributed by atoms with Crippen LogP contribution in [0, 0.1) is 0 Å². The lowest BCUT2D eigenvalue weighted by Crippen LogP contribution is -2.36. The number of rotatable bonds is 8. The number of benzene rings is 2. The Hall–Kier alpha value is -2.33. The predicted molar refractivity (Wildman–Crippen MR) is 118 cm³/mol. The molecule has 0 unspecified atom stereocenters. The highest BCUT2D eigenvalue weighted by molar-refractivity contribution is 5.80. The van der Waals surface area contributed by atoms with Gasteiger partial charge >= 0.3 is 0 Å². The number of ether oxygens (including phenoxy) is 1. The molecular weight excluding hydrogens is 360 g/mol. The van der Waals surface area contributed by atoms with E-state index in [1.54, 1.807) is 6.92 Å². The highest BCUT2D eigenvalue weighted by atomic mass is 16.5. The van der Waals surface area contributed by atoms with E-state index >= 15 is 0 Å². The van der Waals surface area contributed by atoms with Crippen molar-refractivity contribution in [2.24, 2.45) is 0 Å². The van der Waals surface area contributed by atoms with Gasteiger partial charge in [-0.05, 0) is 61.5 Å². The van der Waals surface area contributed by atoms with E-state index in [9.17, 15) is 4.79 Å². The molecule has 0 aliphatic carbocycles. The van der Waals surface area contributed by atoms with Crippen LogP contribution in [0.2, 0.25) is 0 Å². The summed E-state index contributed by atoms with van der Waals surface area (Å²) < 4.78 is 5.96. The predicted octanol–water partition coefficient (Wildman–Crippen LogP) is 4.88. The molecule has 1 aliphatic rings. The van der Waals surface area contributed by atoms with Crippen LogP contribution in [0.3, 0.4) is 0 Å². The maximum atomic E-state index is 12.6. The molecule has 1 N–H and O–H groups in total. The van der Waals surface area contributed by atoms with Crippen LogP contribution in [-0.2, 0) is 17.9 Å². The van der Waals surface area contributed by atoms with Crippen LogP contribution in [0.5, 0.6) is 5.75 Å². The van der Waals surface area contributed by atoms with E-state index < -0.39 is 6.10 Å². The first-order chi connectivity index (χ1) is 14.0. The van der Waals surface area contributed by atoms with E-state index in [0.29, 0.717) is 12.5 Å². The molecule has 0 aromatic heterocycles. The van der Waals surface area contributed by atoms with Crippen LogP contribution in [0.1, 0.15) is 62.6 Å². The number of carbonyl (C=O) groups is 1. The third-order valence-corrected chi connectivity index (χ3v) is 5.53. The van der Waals surface area contributed by atoms with Crippen LogP contribution in [0.15, 0.2) is 48.5 Å². The fourth-order valence-electron chi connectivity index (χ4n) is 3.86. The monoisotopic (exact) mass is 394 g/mol. The lowest BCUT2D eigenvalue weighted by molar-refractivity contribution is -0.127. The SMILES string of the molecule is CC(C)c1ccccc1O[C@@H](C)C(=O)NCc1cccc(CN2CCCCC2)c1. The fourth-order valence-corrected chi connectivity index (χ4v) is 3.86. The summed E-state index contributed by atoms with van der Waals surface area (Å²) in [6.45, 7) is 9.95. The highest BCUT2D eigenvalue weighted by Gasteiger charge is 2.17. The van der Waals surface area contributed by atoms with E-state index in [-0.39, 0.29) is 5.91 Å². The van der Waals surface area contributed by atoms with Crippen LogP contribution >= 0.6 is 0 Å². The lowest BCUT2D eigenvalue weighted by atomic mass is 10.0. The van der Waals surface area contributed by atoms with E-state index in [2.05, 4.69) is 54.4 Å². The Morgan fingerprint density at radius 3 is 2.48 bits per heavy atom. The Balaban J connectivity index is 1.53. The number of amides is 1. The zero-order valence-electron chi connectivity index (χ0n) is 18.0. The topological polar surface area (TPSA) is 41.6 Å². The first kappa shape index (κ1) is 21.4. The van der Waals surface area contributed by atoms with E-state index in [1.165, 1.54) is 37.9 Å². The summed E-state index contributed by atoms with van der Waals surface area (Å²) in [6, 6.07) is 16.5. The number of nitrogens with one attached hydrogen (secondary N) is 1. The Kier molecular flexibility index (Phi) is 7.70. The molecule has 1 atom stereocenters. The number of nitrogens with zero attached hydrogens (tertiary/aromatic N) is 1. The second-order valence-electron chi connectivity index (χ2n) is 8.33. The van der Waals surface area contributed by atoms with Gasteiger partial charge in [0.05, 0.1) is 0 Å². The second kappa shape index (κ2) is 10.4. The minimum Gasteiger partial charge on any atom is -0.481 e. The minimum absolute atomic E-state index is 0.0926. The van der Waals surface area contributed by atoms with Crippen molar-refractivity contribution in [3.63, 3.8) is 0 Å². The summed E-state index contributed by atoms with van der Waals surface area (Å²) in [7, 11) is 0. The zero-order chi connectivity index (χ0) is 20.6. The molecule has 0 radical (unpaired) electrons. The van der Waals surface area contributed by atoms with Gasteiger partial charge < -0.3 is 10.1 Å². The van der Waals surface area contributed by atoms with Crippen molar-refractivity contribution in [1.29, 1.82) is 0 Å². The van der Waals surface area contributed by atoms with Crippen molar-refractivity contribution >= 4 is 5.91 Å². The average molecular weight is 395 g/mol.